The molecule has 0 saturated carbocycles. The molecule has 0 atom stereocenters. The van der Waals surface area contributed by atoms with Crippen molar-refractivity contribution in [1.29, 1.82) is 0 Å². The van der Waals surface area contributed by atoms with Gasteiger partial charge < -0.3 is 4.42 Å². The first kappa shape index (κ1) is 13.4. The highest BCUT2D eigenvalue weighted by Gasteiger charge is 2.21. The third-order valence-corrected chi connectivity index (χ3v) is 8.41. The molecule has 0 fully saturated rings. The van der Waals surface area contributed by atoms with E-state index in [1.165, 1.54) is 0 Å². The maximum atomic E-state index is 9.51. The average Bonchev–Trinajstić information content (AvgIpc) is 3.66. The van der Waals surface area contributed by atoms with E-state index in [1.54, 1.807) is 18.2 Å². The van der Waals surface area contributed by atoms with Crippen molar-refractivity contribution in [3.05, 3.63) is 157 Å². The second-order valence-corrected chi connectivity index (χ2v) is 10.7. The van der Waals surface area contributed by atoms with Gasteiger partial charge in [-0.1, -0.05) is 145 Å². The lowest BCUT2D eigenvalue weighted by Crippen LogP contribution is -1.92. The normalized spacial score (nSPS) is 17.3. The van der Waals surface area contributed by atoms with Gasteiger partial charge >= 0.3 is 0 Å². The third kappa shape index (κ3) is 3.44. The topological polar surface area (TPSA) is 13.1 Å². The number of rotatable bonds is 2. The maximum absolute atomic E-state index is 9.51. The highest BCUT2D eigenvalue weighted by atomic mass is 16.3. The van der Waals surface area contributed by atoms with Crippen LogP contribution in [-0.4, -0.2) is 0 Å². The molecule has 1 heteroatoms. The van der Waals surface area contributed by atoms with Crippen LogP contribution in [-0.2, 0) is 0 Å². The molecule has 1 aromatic heterocycles. The van der Waals surface area contributed by atoms with Gasteiger partial charge in [0.05, 0.1) is 23.3 Å². The van der Waals surface area contributed by atoms with Crippen LogP contribution in [0.2, 0.25) is 0 Å². The Bertz CT molecular complexity index is 3700. The summed E-state index contributed by atoms with van der Waals surface area (Å²) in [5.74, 6) is 0. The van der Waals surface area contributed by atoms with Gasteiger partial charge in [0.25, 0.3) is 0 Å². The lowest BCUT2D eigenvalue weighted by Gasteiger charge is -2.19. The molecule has 9 aromatic carbocycles. The van der Waals surface area contributed by atoms with Gasteiger partial charge in [-0.05, 0) is 82.9 Å². The van der Waals surface area contributed by atoms with Gasteiger partial charge in [-0.2, -0.15) is 0 Å². The molecular weight excluding hydrogens is 544 g/mol. The van der Waals surface area contributed by atoms with Gasteiger partial charge in [0.2, 0.25) is 0 Å². The Kier molecular flexibility index (Phi) is 2.76. The summed E-state index contributed by atoms with van der Waals surface area (Å²) < 4.78 is 161. The van der Waals surface area contributed by atoms with E-state index >= 15 is 0 Å². The van der Waals surface area contributed by atoms with Gasteiger partial charge in [-0.3, -0.25) is 0 Å². The Hall–Kier alpha value is -5.92. The van der Waals surface area contributed by atoms with Crippen LogP contribution in [0.5, 0.6) is 0 Å². The lowest BCUT2D eigenvalue weighted by molar-refractivity contribution is 0.673. The van der Waals surface area contributed by atoms with E-state index in [0.29, 0.717) is 21.9 Å². The predicted octanol–water partition coefficient (Wildman–Crippen LogP) is 12.7. The molecule has 0 aliphatic rings. The standard InChI is InChI=1S/C44H26O/c1-3-13-29-27(11-1)23-25-32-31(29)19-9-20-33(32)41-34-15-5-7-17-36(34)42(37-18-8-6-16-35(37)41)38-21-10-22-40-43(38)39-26-24-28-12-2-4-14-30(28)44(39)45-40/h1-26H/i1D,3D,5D,6D,7D,8D,9D,11D,13D,15D,16D,17D,18D,19D,20D,23D,25D. The Morgan fingerprint density at radius 3 is 1.82 bits per heavy atom. The fourth-order valence-corrected chi connectivity index (χ4v) is 6.53. The molecule has 1 nitrogen and oxygen atoms in total. The zero-order chi connectivity index (χ0) is 44.3. The van der Waals surface area contributed by atoms with E-state index in [0.717, 1.165) is 10.8 Å². The molecule has 10 aromatic rings. The monoisotopic (exact) mass is 587 g/mol. The summed E-state index contributed by atoms with van der Waals surface area (Å²) in [7, 11) is 0. The fraction of sp³-hybridized carbons (Fsp3) is 0. The van der Waals surface area contributed by atoms with Crippen LogP contribution >= 0.6 is 0 Å². The minimum Gasteiger partial charge on any atom is -0.455 e. The van der Waals surface area contributed by atoms with Gasteiger partial charge in [0, 0.05) is 16.2 Å². The van der Waals surface area contributed by atoms with Crippen molar-refractivity contribution in [2.24, 2.45) is 0 Å². The number of furan rings is 1. The van der Waals surface area contributed by atoms with Gasteiger partial charge in [-0.15, -0.1) is 0 Å². The van der Waals surface area contributed by atoms with Gasteiger partial charge in [0.15, 0.2) is 0 Å². The molecule has 0 radical (unpaired) electrons. The van der Waals surface area contributed by atoms with Crippen molar-refractivity contribution in [3.8, 4) is 22.3 Å². The van der Waals surface area contributed by atoms with Crippen molar-refractivity contribution >= 4 is 75.8 Å². The third-order valence-electron chi connectivity index (χ3n) is 8.41. The summed E-state index contributed by atoms with van der Waals surface area (Å²) in [6, 6.07) is 4.12. The zero-order valence-electron chi connectivity index (χ0n) is 40.1. The maximum Gasteiger partial charge on any atom is 0.143 e. The minimum atomic E-state index is -0.813. The van der Waals surface area contributed by atoms with Gasteiger partial charge in [-0.25, -0.2) is 0 Å². The van der Waals surface area contributed by atoms with E-state index in [-0.39, 0.29) is 32.7 Å². The highest BCUT2D eigenvalue weighted by molar-refractivity contribution is 6.28. The molecule has 208 valence electrons. The summed E-state index contributed by atoms with van der Waals surface area (Å²) >= 11 is 0. The molecule has 0 aliphatic heterocycles. The molecule has 0 bridgehead atoms. The molecule has 0 unspecified atom stereocenters. The SMILES string of the molecule is [2H]c1c([2H])c([2H])c2c(-c3cccc4oc5c6ccccc6ccc5c34)c3c([2H])c([2H])c([2H])c([2H])c3c(-c3c([2H])c([2H])c([2H])c4c3c([2H])c([2H])c3c([2H])c([2H])c([2H])c([2H])c34)c2c1[2H]. The quantitative estimate of drug-likeness (QED) is 0.145. The van der Waals surface area contributed by atoms with Crippen LogP contribution in [0, 0.1) is 0 Å². The van der Waals surface area contributed by atoms with E-state index in [9.17, 15) is 8.22 Å². The predicted molar refractivity (Wildman–Crippen MR) is 192 cm³/mol. The van der Waals surface area contributed by atoms with E-state index in [2.05, 4.69) is 0 Å². The molecule has 0 N–H and O–H groups in total. The van der Waals surface area contributed by atoms with Crippen molar-refractivity contribution in [2.75, 3.05) is 0 Å². The minimum absolute atomic E-state index is 0.0231. The summed E-state index contributed by atoms with van der Waals surface area (Å²) in [5, 5.41) is -0.154. The Morgan fingerprint density at radius 1 is 0.378 bits per heavy atom. The van der Waals surface area contributed by atoms with Crippen LogP contribution in [0.4, 0.5) is 0 Å². The van der Waals surface area contributed by atoms with E-state index < -0.39 is 135 Å². The summed E-state index contributed by atoms with van der Waals surface area (Å²) in [5.41, 5.74) is 0.216. The Morgan fingerprint density at radius 2 is 1.04 bits per heavy atom. The van der Waals surface area contributed by atoms with Gasteiger partial charge in [0.1, 0.15) is 11.2 Å². The fourth-order valence-electron chi connectivity index (χ4n) is 6.53. The van der Waals surface area contributed by atoms with Crippen molar-refractivity contribution < 1.29 is 27.7 Å². The average molecular weight is 588 g/mol. The second-order valence-electron chi connectivity index (χ2n) is 10.7. The first-order chi connectivity index (χ1) is 29.4. The van der Waals surface area contributed by atoms with Crippen LogP contribution in [0.3, 0.4) is 0 Å². The number of benzene rings is 9. The Labute approximate surface area is 283 Å². The summed E-state index contributed by atoms with van der Waals surface area (Å²) in [6.45, 7) is 0. The molecule has 1 heterocycles. The van der Waals surface area contributed by atoms with Crippen LogP contribution in [0.1, 0.15) is 23.3 Å². The first-order valence-electron chi connectivity index (χ1n) is 22.6. The molecular formula is C44H26O. The summed E-state index contributed by atoms with van der Waals surface area (Å²) in [6.07, 6.45) is 0. The zero-order valence-corrected chi connectivity index (χ0v) is 23.1. The van der Waals surface area contributed by atoms with Crippen LogP contribution in [0.15, 0.2) is 162 Å². The largest absolute Gasteiger partial charge is 0.455 e. The molecule has 0 spiro atoms. The Balaban J connectivity index is 1.55. The molecule has 10 rings (SSSR count). The van der Waals surface area contributed by atoms with E-state index in [1.807, 2.05) is 36.4 Å². The molecule has 45 heavy (non-hydrogen) atoms. The van der Waals surface area contributed by atoms with Crippen molar-refractivity contribution in [3.63, 3.8) is 0 Å². The smallest absolute Gasteiger partial charge is 0.143 e. The van der Waals surface area contributed by atoms with Crippen molar-refractivity contribution in [2.45, 2.75) is 0 Å². The number of fused-ring (bicyclic) bond motifs is 10. The van der Waals surface area contributed by atoms with Crippen molar-refractivity contribution in [1.82, 2.24) is 0 Å². The number of hydrogen-bond donors (Lipinski definition) is 0. The summed E-state index contributed by atoms with van der Waals surface area (Å²) in [4.78, 5) is 0. The highest BCUT2D eigenvalue weighted by Crippen LogP contribution is 2.48. The van der Waals surface area contributed by atoms with E-state index in [4.69, 9.17) is 19.5 Å². The first-order valence-corrected chi connectivity index (χ1v) is 14.1. The molecule has 0 saturated heterocycles. The van der Waals surface area contributed by atoms with Crippen LogP contribution < -0.4 is 0 Å². The molecule has 0 amide bonds. The second kappa shape index (κ2) is 9.29. The number of hydrogen-bond acceptors (Lipinski definition) is 1. The van der Waals surface area contributed by atoms with Crippen LogP contribution in [0.25, 0.3) is 98.1 Å². The lowest BCUT2D eigenvalue weighted by atomic mass is 9.83. The molecule has 0 aliphatic carbocycles.